The van der Waals surface area contributed by atoms with Crippen LogP contribution in [0.5, 0.6) is 0 Å². The van der Waals surface area contributed by atoms with Gasteiger partial charge < -0.3 is 5.11 Å². The van der Waals surface area contributed by atoms with E-state index in [4.69, 9.17) is 0 Å². The lowest BCUT2D eigenvalue weighted by atomic mass is 9.97. The average molecular weight is 428 g/mol. The standard InChI is InChI=1S/C26H21NO3S/c1-18-11-14-21(15-12-18)31(29,30)27-24-10-6-5-9-22(24)23-16-13-20(17-28)25(26(23)27)19-7-3-2-4-8-19/h2-16,28H,17H2,1H3. The van der Waals surface area contributed by atoms with Gasteiger partial charge in [0.15, 0.2) is 0 Å². The van der Waals surface area contributed by atoms with Crippen LogP contribution in [-0.4, -0.2) is 17.5 Å². The molecule has 0 aliphatic heterocycles. The predicted molar refractivity (Wildman–Crippen MR) is 125 cm³/mol. The minimum atomic E-state index is -3.89. The molecule has 5 heteroatoms. The van der Waals surface area contributed by atoms with Gasteiger partial charge in [-0.1, -0.05) is 78.4 Å². The molecule has 1 N–H and O–H groups in total. The maximum atomic E-state index is 13.9. The SMILES string of the molecule is Cc1ccc(S(=O)(=O)n2c3ccccc3c3ccc(CO)c(-c4ccccc4)c32)cc1. The summed E-state index contributed by atoms with van der Waals surface area (Å²) in [5, 5.41) is 11.8. The van der Waals surface area contributed by atoms with Gasteiger partial charge in [-0.3, -0.25) is 0 Å². The molecule has 4 aromatic carbocycles. The fourth-order valence-corrected chi connectivity index (χ4v) is 5.72. The van der Waals surface area contributed by atoms with Crippen LogP contribution in [0.3, 0.4) is 0 Å². The number of hydrogen-bond donors (Lipinski definition) is 1. The molecule has 1 heterocycles. The third-order valence-corrected chi connectivity index (χ3v) is 7.40. The maximum absolute atomic E-state index is 13.9. The molecule has 0 atom stereocenters. The molecular weight excluding hydrogens is 406 g/mol. The zero-order valence-corrected chi connectivity index (χ0v) is 17.8. The summed E-state index contributed by atoms with van der Waals surface area (Å²) in [6, 6.07) is 27.8. The van der Waals surface area contributed by atoms with Crippen molar-refractivity contribution in [3.05, 3.63) is 102 Å². The van der Waals surface area contributed by atoms with E-state index < -0.39 is 10.0 Å². The Morgan fingerprint density at radius 3 is 2.16 bits per heavy atom. The van der Waals surface area contributed by atoms with Crippen molar-refractivity contribution in [2.75, 3.05) is 0 Å². The van der Waals surface area contributed by atoms with Gasteiger partial charge in [0.05, 0.1) is 22.5 Å². The van der Waals surface area contributed by atoms with Crippen molar-refractivity contribution in [1.29, 1.82) is 0 Å². The van der Waals surface area contributed by atoms with Crippen LogP contribution in [0.4, 0.5) is 0 Å². The van der Waals surface area contributed by atoms with E-state index in [2.05, 4.69) is 0 Å². The third kappa shape index (κ3) is 3.05. The summed E-state index contributed by atoms with van der Waals surface area (Å²) in [7, 11) is -3.89. The number of nitrogens with zero attached hydrogens (tertiary/aromatic N) is 1. The molecule has 0 amide bonds. The van der Waals surface area contributed by atoms with Crippen LogP contribution >= 0.6 is 0 Å². The first-order valence-corrected chi connectivity index (χ1v) is 11.5. The molecule has 154 valence electrons. The van der Waals surface area contributed by atoms with Crippen molar-refractivity contribution < 1.29 is 13.5 Å². The minimum Gasteiger partial charge on any atom is -0.392 e. The Labute approximate surface area is 181 Å². The molecule has 0 saturated heterocycles. The molecule has 1 aromatic heterocycles. The Balaban J connectivity index is 1.99. The lowest BCUT2D eigenvalue weighted by molar-refractivity contribution is 0.282. The van der Waals surface area contributed by atoms with E-state index in [-0.39, 0.29) is 11.5 Å². The van der Waals surface area contributed by atoms with Gasteiger partial charge in [0.25, 0.3) is 10.0 Å². The number of rotatable bonds is 4. The Kier molecular flexibility index (Phi) is 4.65. The lowest BCUT2D eigenvalue weighted by Gasteiger charge is -2.15. The molecule has 0 unspecified atom stereocenters. The van der Waals surface area contributed by atoms with Crippen molar-refractivity contribution in [2.24, 2.45) is 0 Å². The van der Waals surface area contributed by atoms with E-state index in [0.717, 1.165) is 27.5 Å². The summed E-state index contributed by atoms with van der Waals surface area (Å²) in [5.74, 6) is 0. The van der Waals surface area contributed by atoms with Crippen molar-refractivity contribution in [3.63, 3.8) is 0 Å². The molecule has 0 bridgehead atoms. The summed E-state index contributed by atoms with van der Waals surface area (Å²) in [5.41, 5.74) is 4.47. The zero-order chi connectivity index (χ0) is 21.6. The van der Waals surface area contributed by atoms with E-state index in [9.17, 15) is 13.5 Å². The molecule has 31 heavy (non-hydrogen) atoms. The van der Waals surface area contributed by atoms with E-state index in [1.807, 2.05) is 73.7 Å². The molecule has 5 rings (SSSR count). The Hall–Kier alpha value is -3.41. The van der Waals surface area contributed by atoms with Crippen LogP contribution in [0.25, 0.3) is 32.9 Å². The third-order valence-electron chi connectivity index (χ3n) is 5.67. The minimum absolute atomic E-state index is 0.188. The summed E-state index contributed by atoms with van der Waals surface area (Å²) in [6.07, 6.45) is 0. The van der Waals surface area contributed by atoms with E-state index in [0.29, 0.717) is 16.6 Å². The van der Waals surface area contributed by atoms with Crippen LogP contribution in [-0.2, 0) is 16.6 Å². The van der Waals surface area contributed by atoms with Crippen LogP contribution in [0.2, 0.25) is 0 Å². The quantitative estimate of drug-likeness (QED) is 0.412. The highest BCUT2D eigenvalue weighted by Gasteiger charge is 2.26. The highest BCUT2D eigenvalue weighted by Crippen LogP contribution is 2.40. The fraction of sp³-hybridized carbons (Fsp3) is 0.0769. The van der Waals surface area contributed by atoms with Crippen LogP contribution < -0.4 is 0 Å². The van der Waals surface area contributed by atoms with Gasteiger partial charge in [0, 0.05) is 16.3 Å². The average Bonchev–Trinajstić information content (AvgIpc) is 3.14. The smallest absolute Gasteiger partial charge is 0.268 e. The van der Waals surface area contributed by atoms with Gasteiger partial charge in [0.2, 0.25) is 0 Å². The van der Waals surface area contributed by atoms with E-state index in [1.165, 1.54) is 3.97 Å². The number of aromatic nitrogens is 1. The van der Waals surface area contributed by atoms with Gasteiger partial charge in [0.1, 0.15) is 0 Å². The molecule has 0 saturated carbocycles. The zero-order valence-electron chi connectivity index (χ0n) is 17.0. The summed E-state index contributed by atoms with van der Waals surface area (Å²) < 4.78 is 29.3. The summed E-state index contributed by atoms with van der Waals surface area (Å²) >= 11 is 0. The number of aliphatic hydroxyl groups is 1. The normalized spacial score (nSPS) is 11.9. The summed E-state index contributed by atoms with van der Waals surface area (Å²) in [4.78, 5) is 0.231. The lowest BCUT2D eigenvalue weighted by Crippen LogP contribution is -2.13. The van der Waals surface area contributed by atoms with Gasteiger partial charge in [-0.05, 0) is 36.2 Å². The Morgan fingerprint density at radius 1 is 0.774 bits per heavy atom. The molecule has 4 nitrogen and oxygen atoms in total. The van der Waals surface area contributed by atoms with Gasteiger partial charge in [-0.25, -0.2) is 12.4 Å². The maximum Gasteiger partial charge on any atom is 0.268 e. The number of fused-ring (bicyclic) bond motifs is 3. The number of benzene rings is 4. The second kappa shape index (κ2) is 7.38. The van der Waals surface area contributed by atoms with Crippen LogP contribution in [0.1, 0.15) is 11.1 Å². The van der Waals surface area contributed by atoms with E-state index >= 15 is 0 Å². The van der Waals surface area contributed by atoms with Crippen LogP contribution in [0, 0.1) is 6.92 Å². The topological polar surface area (TPSA) is 59.3 Å². The number of aliphatic hydroxyl groups excluding tert-OH is 1. The molecule has 0 aliphatic rings. The number of hydrogen-bond acceptors (Lipinski definition) is 3. The molecule has 0 radical (unpaired) electrons. The van der Waals surface area contributed by atoms with Gasteiger partial charge >= 0.3 is 0 Å². The first-order valence-electron chi connectivity index (χ1n) is 10.1. The fourth-order valence-electron chi connectivity index (χ4n) is 4.18. The highest BCUT2D eigenvalue weighted by molar-refractivity contribution is 7.90. The Morgan fingerprint density at radius 2 is 1.45 bits per heavy atom. The van der Waals surface area contributed by atoms with Gasteiger partial charge in [-0.2, -0.15) is 0 Å². The monoisotopic (exact) mass is 427 g/mol. The first-order chi connectivity index (χ1) is 15.0. The summed E-state index contributed by atoms with van der Waals surface area (Å²) in [6.45, 7) is 1.74. The second-order valence-electron chi connectivity index (χ2n) is 7.62. The van der Waals surface area contributed by atoms with Crippen molar-refractivity contribution in [2.45, 2.75) is 18.4 Å². The predicted octanol–water partition coefficient (Wildman–Crippen LogP) is 5.50. The van der Waals surface area contributed by atoms with Crippen molar-refractivity contribution in [3.8, 4) is 11.1 Å². The van der Waals surface area contributed by atoms with Crippen molar-refractivity contribution in [1.82, 2.24) is 3.97 Å². The largest absolute Gasteiger partial charge is 0.392 e. The van der Waals surface area contributed by atoms with Crippen LogP contribution in [0.15, 0.2) is 95.9 Å². The molecule has 5 aromatic rings. The van der Waals surface area contributed by atoms with Crippen molar-refractivity contribution >= 4 is 31.8 Å². The molecular formula is C26H21NO3S. The highest BCUT2D eigenvalue weighted by atomic mass is 32.2. The van der Waals surface area contributed by atoms with Gasteiger partial charge in [-0.15, -0.1) is 0 Å². The second-order valence-corrected chi connectivity index (χ2v) is 9.41. The first kappa shape index (κ1) is 19.5. The number of aryl methyl sites for hydroxylation is 1. The molecule has 0 aliphatic carbocycles. The molecule has 0 fully saturated rings. The Bertz CT molecular complexity index is 1520. The number of para-hydroxylation sites is 1. The molecule has 0 spiro atoms. The van der Waals surface area contributed by atoms with E-state index in [1.54, 1.807) is 24.3 Å².